The minimum atomic E-state index is -0.531. The highest BCUT2D eigenvalue weighted by Gasteiger charge is 2.10. The molecule has 1 aromatic carbocycles. The number of rotatable bonds is 4. The van der Waals surface area contributed by atoms with Crippen molar-refractivity contribution in [1.82, 2.24) is 15.0 Å². The van der Waals surface area contributed by atoms with Gasteiger partial charge < -0.3 is 16.8 Å². The first-order valence-electron chi connectivity index (χ1n) is 5.59. The number of carbonyl (C=O) groups is 1. The number of hydrogen-bond acceptors (Lipinski definition) is 7. The van der Waals surface area contributed by atoms with Crippen LogP contribution in [0.3, 0.4) is 0 Å². The highest BCUT2D eigenvalue weighted by atomic mass is 79.9. The summed E-state index contributed by atoms with van der Waals surface area (Å²) in [6.45, 7) is 0. The van der Waals surface area contributed by atoms with Crippen molar-refractivity contribution >= 4 is 51.2 Å². The number of nitrogens with two attached hydrogens (primary N) is 2. The predicted octanol–water partition coefficient (Wildman–Crippen LogP) is 1.67. The average Bonchev–Trinajstić information content (AvgIpc) is 2.39. The van der Waals surface area contributed by atoms with Gasteiger partial charge in [-0.2, -0.15) is 15.0 Å². The van der Waals surface area contributed by atoms with Gasteiger partial charge in [0.2, 0.25) is 17.8 Å². The van der Waals surface area contributed by atoms with Crippen molar-refractivity contribution in [3.8, 4) is 0 Å². The second-order valence-electron chi connectivity index (χ2n) is 3.80. The summed E-state index contributed by atoms with van der Waals surface area (Å²) in [5.41, 5.74) is 10.9. The summed E-state index contributed by atoms with van der Waals surface area (Å²) in [7, 11) is 0. The first kappa shape index (κ1) is 15.4. The number of halogens is 2. The first-order chi connectivity index (χ1) is 9.94. The minimum Gasteiger partial charge on any atom is -0.368 e. The molecular weight excluding hydrogens is 363 g/mol. The Morgan fingerprint density at radius 1 is 1.29 bits per heavy atom. The van der Waals surface area contributed by atoms with Crippen molar-refractivity contribution < 1.29 is 9.18 Å². The number of anilines is 3. The van der Waals surface area contributed by atoms with E-state index in [9.17, 15) is 9.18 Å². The average molecular weight is 373 g/mol. The third-order valence-corrected chi connectivity index (χ3v) is 3.53. The lowest BCUT2D eigenvalue weighted by molar-refractivity contribution is -0.113. The van der Waals surface area contributed by atoms with Crippen LogP contribution in [0.4, 0.5) is 22.0 Å². The number of benzene rings is 1. The molecule has 0 saturated carbocycles. The molecule has 0 aliphatic carbocycles. The molecule has 7 nitrogen and oxygen atoms in total. The predicted molar refractivity (Wildman–Crippen MR) is 82.1 cm³/mol. The fourth-order valence-electron chi connectivity index (χ4n) is 1.36. The third-order valence-electron chi connectivity index (χ3n) is 2.19. The molecule has 1 amide bonds. The normalized spacial score (nSPS) is 10.4. The van der Waals surface area contributed by atoms with Gasteiger partial charge in [-0.25, -0.2) is 4.39 Å². The Kier molecular flexibility index (Phi) is 4.91. The van der Waals surface area contributed by atoms with Gasteiger partial charge in [0.15, 0.2) is 5.16 Å². The molecular formula is C11H10BrFN6OS. The molecule has 0 fully saturated rings. The second kappa shape index (κ2) is 6.68. The monoisotopic (exact) mass is 372 g/mol. The lowest BCUT2D eigenvalue weighted by Crippen LogP contribution is -2.15. The molecule has 0 atom stereocenters. The molecule has 0 saturated heterocycles. The van der Waals surface area contributed by atoms with Crippen molar-refractivity contribution in [3.05, 3.63) is 28.5 Å². The Morgan fingerprint density at radius 3 is 2.57 bits per heavy atom. The maximum absolute atomic E-state index is 13.6. The van der Waals surface area contributed by atoms with Gasteiger partial charge >= 0.3 is 0 Å². The number of thioether (sulfide) groups is 1. The highest BCUT2D eigenvalue weighted by Crippen LogP contribution is 2.20. The van der Waals surface area contributed by atoms with Gasteiger partial charge in [-0.15, -0.1) is 0 Å². The van der Waals surface area contributed by atoms with Gasteiger partial charge in [0.05, 0.1) is 11.4 Å². The zero-order chi connectivity index (χ0) is 15.4. The molecule has 110 valence electrons. The van der Waals surface area contributed by atoms with Crippen LogP contribution in [0.25, 0.3) is 0 Å². The van der Waals surface area contributed by atoms with E-state index >= 15 is 0 Å². The number of nitrogen functional groups attached to an aromatic ring is 2. The molecule has 5 N–H and O–H groups in total. The van der Waals surface area contributed by atoms with Crippen molar-refractivity contribution in [3.63, 3.8) is 0 Å². The highest BCUT2D eigenvalue weighted by molar-refractivity contribution is 9.10. The number of amides is 1. The smallest absolute Gasteiger partial charge is 0.234 e. The van der Waals surface area contributed by atoms with Crippen molar-refractivity contribution in [1.29, 1.82) is 0 Å². The zero-order valence-corrected chi connectivity index (χ0v) is 12.9. The molecule has 0 aliphatic rings. The van der Waals surface area contributed by atoms with Gasteiger partial charge in [-0.05, 0) is 18.2 Å². The van der Waals surface area contributed by atoms with Crippen LogP contribution < -0.4 is 16.8 Å². The van der Waals surface area contributed by atoms with Gasteiger partial charge in [-0.3, -0.25) is 4.79 Å². The Morgan fingerprint density at radius 2 is 1.95 bits per heavy atom. The van der Waals surface area contributed by atoms with E-state index in [1.54, 1.807) is 6.07 Å². The van der Waals surface area contributed by atoms with Crippen LogP contribution in [0.15, 0.2) is 27.8 Å². The number of hydrogen-bond donors (Lipinski definition) is 3. The molecule has 1 heterocycles. The zero-order valence-electron chi connectivity index (χ0n) is 10.5. The van der Waals surface area contributed by atoms with Crippen LogP contribution in [0.1, 0.15) is 0 Å². The number of aromatic nitrogens is 3. The standard InChI is InChI=1S/C11H10BrFN6OS/c12-5-1-2-7(6(13)3-5)16-8(20)4-21-11-18-9(14)17-10(15)19-11/h1-3H,4H2,(H,16,20)(H4,14,15,17,18,19). The largest absolute Gasteiger partial charge is 0.368 e. The quantitative estimate of drug-likeness (QED) is 0.698. The summed E-state index contributed by atoms with van der Waals surface area (Å²) in [6.07, 6.45) is 0. The molecule has 0 spiro atoms. The van der Waals surface area contributed by atoms with Crippen LogP contribution in [0.2, 0.25) is 0 Å². The van der Waals surface area contributed by atoms with E-state index in [0.717, 1.165) is 11.8 Å². The van der Waals surface area contributed by atoms with Crippen molar-refractivity contribution in [2.75, 3.05) is 22.5 Å². The van der Waals surface area contributed by atoms with Gasteiger partial charge in [-0.1, -0.05) is 27.7 Å². The van der Waals surface area contributed by atoms with E-state index in [0.29, 0.717) is 4.47 Å². The topological polar surface area (TPSA) is 120 Å². The van der Waals surface area contributed by atoms with E-state index in [1.165, 1.54) is 12.1 Å². The SMILES string of the molecule is Nc1nc(N)nc(SCC(=O)Nc2ccc(Br)cc2F)n1. The fourth-order valence-corrected chi connectivity index (χ4v) is 2.34. The summed E-state index contributed by atoms with van der Waals surface area (Å²) in [4.78, 5) is 23.0. The maximum Gasteiger partial charge on any atom is 0.234 e. The van der Waals surface area contributed by atoms with Gasteiger partial charge in [0.25, 0.3) is 0 Å². The van der Waals surface area contributed by atoms with E-state index in [1.807, 2.05) is 0 Å². The van der Waals surface area contributed by atoms with Gasteiger partial charge in [0.1, 0.15) is 5.82 Å². The van der Waals surface area contributed by atoms with Gasteiger partial charge in [0, 0.05) is 4.47 Å². The molecule has 2 rings (SSSR count). The molecule has 2 aromatic rings. The number of carbonyl (C=O) groups excluding carboxylic acids is 1. The lowest BCUT2D eigenvalue weighted by Gasteiger charge is -2.06. The van der Waals surface area contributed by atoms with E-state index in [-0.39, 0.29) is 28.5 Å². The molecule has 0 aliphatic heterocycles. The van der Waals surface area contributed by atoms with E-state index < -0.39 is 11.7 Å². The van der Waals surface area contributed by atoms with E-state index in [4.69, 9.17) is 11.5 Å². The summed E-state index contributed by atoms with van der Waals surface area (Å²) in [5, 5.41) is 2.68. The third kappa shape index (κ3) is 4.53. The Balaban J connectivity index is 1.95. The molecule has 0 radical (unpaired) electrons. The molecule has 0 unspecified atom stereocenters. The van der Waals surface area contributed by atoms with Crippen LogP contribution >= 0.6 is 27.7 Å². The van der Waals surface area contributed by atoms with E-state index in [2.05, 4.69) is 36.2 Å². The fraction of sp³-hybridized carbons (Fsp3) is 0.0909. The molecule has 10 heteroatoms. The Hall–Kier alpha value is -1.94. The first-order valence-corrected chi connectivity index (χ1v) is 7.36. The maximum atomic E-state index is 13.6. The second-order valence-corrected chi connectivity index (χ2v) is 5.65. The summed E-state index contributed by atoms with van der Waals surface area (Å²) in [6, 6.07) is 4.34. The minimum absolute atomic E-state index is 0.0155. The lowest BCUT2D eigenvalue weighted by atomic mass is 10.3. The summed E-state index contributed by atoms with van der Waals surface area (Å²) < 4.78 is 14.1. The van der Waals surface area contributed by atoms with Crippen LogP contribution in [0, 0.1) is 5.82 Å². The summed E-state index contributed by atoms with van der Waals surface area (Å²) >= 11 is 4.15. The number of nitrogens with zero attached hydrogens (tertiary/aromatic N) is 3. The number of nitrogens with one attached hydrogen (secondary N) is 1. The van der Waals surface area contributed by atoms with Crippen molar-refractivity contribution in [2.45, 2.75) is 5.16 Å². The molecule has 1 aromatic heterocycles. The van der Waals surface area contributed by atoms with Crippen LogP contribution in [-0.2, 0) is 4.79 Å². The summed E-state index contributed by atoms with van der Waals surface area (Å²) in [5.74, 6) is -0.998. The molecule has 0 bridgehead atoms. The van der Waals surface area contributed by atoms with Crippen LogP contribution in [-0.4, -0.2) is 26.6 Å². The van der Waals surface area contributed by atoms with Crippen LogP contribution in [0.5, 0.6) is 0 Å². The van der Waals surface area contributed by atoms with Crippen molar-refractivity contribution in [2.24, 2.45) is 0 Å². The Labute approximate surface area is 131 Å². The Bertz CT molecular complexity index is 666. The molecule has 21 heavy (non-hydrogen) atoms.